The number of amides is 2. The molecule has 0 saturated heterocycles. The number of nitrogens with one attached hydrogen (secondary N) is 1. The first-order valence-electron chi connectivity index (χ1n) is 5.34. The van der Waals surface area contributed by atoms with Crippen LogP contribution in [-0.4, -0.2) is 22.8 Å². The molecule has 6 nitrogen and oxygen atoms in total. The van der Waals surface area contributed by atoms with Crippen LogP contribution in [-0.2, 0) is 4.79 Å². The van der Waals surface area contributed by atoms with Gasteiger partial charge in [-0.15, -0.1) is 0 Å². The van der Waals surface area contributed by atoms with Crippen LogP contribution in [0.5, 0.6) is 0 Å². The number of nitrogens with zero attached hydrogens (tertiary/aromatic N) is 1. The maximum Gasteiger partial charge on any atom is 0.332 e. The van der Waals surface area contributed by atoms with Gasteiger partial charge >= 0.3 is 12.0 Å². The Kier molecular flexibility index (Phi) is 4.28. The maximum atomic E-state index is 11.0. The van der Waals surface area contributed by atoms with Crippen molar-refractivity contribution >= 4 is 17.7 Å². The zero-order valence-electron chi connectivity index (χ0n) is 9.27. The molecule has 1 saturated carbocycles. The summed E-state index contributed by atoms with van der Waals surface area (Å²) in [5, 5.41) is 12.9. The summed E-state index contributed by atoms with van der Waals surface area (Å²) in [4.78, 5) is 21.5. The van der Waals surface area contributed by atoms with E-state index in [0.29, 0.717) is 12.1 Å². The molecule has 0 radical (unpaired) electrons. The molecule has 4 N–H and O–H groups in total. The van der Waals surface area contributed by atoms with Gasteiger partial charge in [0.15, 0.2) is 0 Å². The Labute approximate surface area is 93.9 Å². The quantitative estimate of drug-likeness (QED) is 0.493. The van der Waals surface area contributed by atoms with Crippen molar-refractivity contribution in [3.05, 3.63) is 0 Å². The number of hydrazone groups is 1. The van der Waals surface area contributed by atoms with E-state index >= 15 is 0 Å². The number of carbonyl (C=O) groups is 2. The molecule has 0 aromatic rings. The predicted octanol–water partition coefficient (Wildman–Crippen LogP) is 0.922. The van der Waals surface area contributed by atoms with Crippen molar-refractivity contribution in [2.45, 2.75) is 32.6 Å². The van der Waals surface area contributed by atoms with Gasteiger partial charge in [-0.3, -0.25) is 4.79 Å². The number of aliphatic carboxylic acids is 1. The van der Waals surface area contributed by atoms with E-state index in [9.17, 15) is 9.59 Å². The molecule has 0 aliphatic heterocycles. The van der Waals surface area contributed by atoms with Crippen LogP contribution in [0.25, 0.3) is 0 Å². The lowest BCUT2D eigenvalue weighted by Gasteiger charge is -2.28. The van der Waals surface area contributed by atoms with E-state index in [0.717, 1.165) is 19.3 Å². The van der Waals surface area contributed by atoms with Gasteiger partial charge in [0.25, 0.3) is 0 Å². The van der Waals surface area contributed by atoms with Crippen molar-refractivity contribution in [2.75, 3.05) is 0 Å². The molecule has 2 unspecified atom stereocenters. The van der Waals surface area contributed by atoms with Crippen LogP contribution >= 0.6 is 0 Å². The molecule has 16 heavy (non-hydrogen) atoms. The zero-order chi connectivity index (χ0) is 12.1. The monoisotopic (exact) mass is 227 g/mol. The minimum absolute atomic E-state index is 0.0990. The molecule has 0 heterocycles. The van der Waals surface area contributed by atoms with Crippen molar-refractivity contribution in [3.63, 3.8) is 0 Å². The minimum atomic E-state index is -0.793. The number of hydrogen-bond donors (Lipinski definition) is 3. The van der Waals surface area contributed by atoms with E-state index in [-0.39, 0.29) is 5.92 Å². The van der Waals surface area contributed by atoms with E-state index in [2.05, 4.69) is 10.5 Å². The molecule has 1 aliphatic carbocycles. The van der Waals surface area contributed by atoms with E-state index in [1.807, 2.05) is 0 Å². The van der Waals surface area contributed by atoms with Gasteiger partial charge in [0.1, 0.15) is 0 Å². The molecule has 6 heteroatoms. The second-order valence-electron chi connectivity index (χ2n) is 4.06. The number of carbonyl (C=O) groups excluding carboxylic acids is 1. The summed E-state index contributed by atoms with van der Waals surface area (Å²) in [5.41, 5.74) is 7.66. The lowest BCUT2D eigenvalue weighted by Crippen LogP contribution is -2.33. The molecular formula is C10H17N3O3. The van der Waals surface area contributed by atoms with Crippen molar-refractivity contribution in [1.82, 2.24) is 5.43 Å². The fraction of sp³-hybridized carbons (Fsp3) is 0.700. The van der Waals surface area contributed by atoms with Crippen LogP contribution in [0.4, 0.5) is 4.79 Å². The van der Waals surface area contributed by atoms with Crippen molar-refractivity contribution in [2.24, 2.45) is 22.7 Å². The van der Waals surface area contributed by atoms with Crippen LogP contribution in [0.3, 0.4) is 0 Å². The van der Waals surface area contributed by atoms with Crippen LogP contribution in [0, 0.1) is 11.8 Å². The molecule has 1 aliphatic rings. The average molecular weight is 227 g/mol. The summed E-state index contributed by atoms with van der Waals surface area (Å²) >= 11 is 0. The van der Waals surface area contributed by atoms with Gasteiger partial charge in [-0.05, 0) is 19.8 Å². The lowest BCUT2D eigenvalue weighted by atomic mass is 9.77. The molecule has 1 fully saturated rings. The SMILES string of the molecule is CC(=NNC(N)=O)C1CCCCC1C(=O)O. The fourth-order valence-corrected chi connectivity index (χ4v) is 2.15. The Morgan fingerprint density at radius 1 is 1.31 bits per heavy atom. The Morgan fingerprint density at radius 3 is 2.38 bits per heavy atom. The van der Waals surface area contributed by atoms with Gasteiger partial charge in [-0.25, -0.2) is 10.2 Å². The Bertz CT molecular complexity index is 314. The molecule has 2 atom stereocenters. The second kappa shape index (κ2) is 5.48. The summed E-state index contributed by atoms with van der Waals surface area (Å²) in [5.74, 6) is -1.29. The first-order valence-corrected chi connectivity index (χ1v) is 5.34. The van der Waals surface area contributed by atoms with Gasteiger partial charge < -0.3 is 10.8 Å². The highest BCUT2D eigenvalue weighted by Gasteiger charge is 2.32. The molecule has 0 spiro atoms. The van der Waals surface area contributed by atoms with Gasteiger partial charge in [0, 0.05) is 11.6 Å². The number of carboxylic acid groups (broad SMARTS) is 1. The number of nitrogens with two attached hydrogens (primary N) is 1. The molecule has 0 aromatic carbocycles. The van der Waals surface area contributed by atoms with Crippen molar-refractivity contribution < 1.29 is 14.7 Å². The summed E-state index contributed by atoms with van der Waals surface area (Å²) in [6, 6.07) is -0.734. The second-order valence-corrected chi connectivity index (χ2v) is 4.06. The number of hydrogen-bond acceptors (Lipinski definition) is 3. The van der Waals surface area contributed by atoms with E-state index in [4.69, 9.17) is 10.8 Å². The topological polar surface area (TPSA) is 105 Å². The molecular weight excluding hydrogens is 210 g/mol. The highest BCUT2D eigenvalue weighted by Crippen LogP contribution is 2.31. The van der Waals surface area contributed by atoms with Gasteiger partial charge in [-0.2, -0.15) is 5.10 Å². The summed E-state index contributed by atoms with van der Waals surface area (Å²) in [6.07, 6.45) is 3.40. The predicted molar refractivity (Wildman–Crippen MR) is 58.9 cm³/mol. The van der Waals surface area contributed by atoms with Gasteiger partial charge in [0.05, 0.1) is 5.92 Å². The third kappa shape index (κ3) is 3.22. The normalized spacial score (nSPS) is 26.2. The molecule has 0 aromatic heterocycles. The minimum Gasteiger partial charge on any atom is -0.481 e. The standard InChI is InChI=1S/C10H17N3O3/c1-6(12-13-10(11)16)7-4-2-3-5-8(7)9(14)15/h7-8H,2-5H2,1H3,(H,14,15)(H3,11,13,16). The Balaban J connectivity index is 2.70. The van der Waals surface area contributed by atoms with Crippen LogP contribution in [0.2, 0.25) is 0 Å². The molecule has 2 amide bonds. The third-order valence-electron chi connectivity index (χ3n) is 2.96. The highest BCUT2D eigenvalue weighted by atomic mass is 16.4. The number of carboxylic acids is 1. The van der Waals surface area contributed by atoms with Crippen molar-refractivity contribution in [1.29, 1.82) is 0 Å². The summed E-state index contributed by atoms with van der Waals surface area (Å²) in [6.45, 7) is 1.72. The van der Waals surface area contributed by atoms with Crippen LogP contribution < -0.4 is 11.2 Å². The number of urea groups is 1. The zero-order valence-corrected chi connectivity index (χ0v) is 9.27. The molecule has 0 bridgehead atoms. The molecule has 90 valence electrons. The lowest BCUT2D eigenvalue weighted by molar-refractivity contribution is -0.143. The number of primary amides is 1. The van der Waals surface area contributed by atoms with Gasteiger partial charge in [0.2, 0.25) is 0 Å². The third-order valence-corrected chi connectivity index (χ3v) is 2.96. The van der Waals surface area contributed by atoms with E-state index < -0.39 is 17.9 Å². The first-order chi connectivity index (χ1) is 7.52. The Hall–Kier alpha value is -1.59. The highest BCUT2D eigenvalue weighted by molar-refractivity contribution is 5.89. The van der Waals surface area contributed by atoms with Crippen molar-refractivity contribution in [3.8, 4) is 0 Å². The average Bonchev–Trinajstić information content (AvgIpc) is 2.25. The van der Waals surface area contributed by atoms with Crippen LogP contribution in [0.15, 0.2) is 5.10 Å². The smallest absolute Gasteiger partial charge is 0.332 e. The van der Waals surface area contributed by atoms with E-state index in [1.165, 1.54) is 0 Å². The Morgan fingerprint density at radius 2 is 1.88 bits per heavy atom. The largest absolute Gasteiger partial charge is 0.481 e. The fourth-order valence-electron chi connectivity index (χ4n) is 2.15. The first kappa shape index (κ1) is 12.5. The molecule has 1 rings (SSSR count). The van der Waals surface area contributed by atoms with Crippen LogP contribution in [0.1, 0.15) is 32.6 Å². The van der Waals surface area contributed by atoms with E-state index in [1.54, 1.807) is 6.92 Å². The maximum absolute atomic E-state index is 11.0. The number of rotatable bonds is 3. The van der Waals surface area contributed by atoms with Gasteiger partial charge in [-0.1, -0.05) is 12.8 Å². The summed E-state index contributed by atoms with van der Waals surface area (Å²) in [7, 11) is 0. The summed E-state index contributed by atoms with van der Waals surface area (Å²) < 4.78 is 0.